The van der Waals surface area contributed by atoms with Crippen LogP contribution in [-0.2, 0) is 24.0 Å². The van der Waals surface area contributed by atoms with Crippen LogP contribution >= 0.6 is 0 Å². The number of nitrogens with one attached hydrogen (secondary N) is 3. The molecule has 0 aromatic heterocycles. The summed E-state index contributed by atoms with van der Waals surface area (Å²) in [4.78, 5) is 60.1. The van der Waals surface area contributed by atoms with E-state index >= 15 is 0 Å². The zero-order valence-electron chi connectivity index (χ0n) is 19.0. The lowest BCUT2D eigenvalue weighted by Gasteiger charge is -2.27. The molecule has 0 spiro atoms. The Balaban J connectivity index is 5.43. The molecule has 7 N–H and O–H groups in total. The van der Waals surface area contributed by atoms with Crippen LogP contribution in [0.15, 0.2) is 0 Å². The maximum Gasteiger partial charge on any atom is 0.326 e. The van der Waals surface area contributed by atoms with E-state index in [1.54, 1.807) is 27.7 Å². The lowest BCUT2D eigenvalue weighted by Crippen LogP contribution is -2.59. The Labute approximate surface area is 182 Å². The van der Waals surface area contributed by atoms with Crippen molar-refractivity contribution in [2.45, 2.75) is 78.6 Å². The number of aliphatic carboxylic acids is 2. The number of carboxylic acid groups (broad SMARTS) is 2. The van der Waals surface area contributed by atoms with Crippen molar-refractivity contribution in [2.75, 3.05) is 0 Å². The molecule has 0 aliphatic carbocycles. The lowest BCUT2D eigenvalue weighted by atomic mass is 9.99. The first-order valence-electron chi connectivity index (χ1n) is 10.3. The van der Waals surface area contributed by atoms with Crippen LogP contribution in [-0.4, -0.2) is 64.0 Å². The molecule has 31 heavy (non-hydrogen) atoms. The minimum absolute atomic E-state index is 0.115. The number of rotatable bonds is 13. The predicted molar refractivity (Wildman–Crippen MR) is 113 cm³/mol. The van der Waals surface area contributed by atoms with Crippen molar-refractivity contribution in [3.05, 3.63) is 0 Å². The Kier molecular flexibility index (Phi) is 11.8. The van der Waals surface area contributed by atoms with Gasteiger partial charge in [0, 0.05) is 0 Å². The molecule has 3 amide bonds. The Morgan fingerprint density at radius 2 is 1.23 bits per heavy atom. The number of nitrogens with two attached hydrogens (primary N) is 1. The number of hydrogen-bond acceptors (Lipinski definition) is 6. The summed E-state index contributed by atoms with van der Waals surface area (Å²) >= 11 is 0. The van der Waals surface area contributed by atoms with Crippen LogP contribution in [0.25, 0.3) is 0 Å². The number of carbonyl (C=O) groups excluding carboxylic acids is 3. The van der Waals surface area contributed by atoms with Gasteiger partial charge in [-0.3, -0.25) is 19.2 Å². The van der Waals surface area contributed by atoms with E-state index in [1.807, 2.05) is 13.8 Å². The molecular weight excluding hydrogens is 408 g/mol. The van der Waals surface area contributed by atoms with Gasteiger partial charge in [-0.25, -0.2) is 4.79 Å². The highest BCUT2D eigenvalue weighted by atomic mass is 16.4. The second-order valence-corrected chi connectivity index (χ2v) is 8.69. The van der Waals surface area contributed by atoms with Gasteiger partial charge in [-0.2, -0.15) is 0 Å². The average molecular weight is 445 g/mol. The number of amides is 3. The largest absolute Gasteiger partial charge is 0.481 e. The van der Waals surface area contributed by atoms with E-state index in [0.717, 1.165) is 0 Å². The van der Waals surface area contributed by atoms with E-state index in [0.29, 0.717) is 6.42 Å². The molecule has 0 aliphatic heterocycles. The van der Waals surface area contributed by atoms with Crippen LogP contribution in [0.1, 0.15) is 54.4 Å². The van der Waals surface area contributed by atoms with Crippen LogP contribution in [0, 0.1) is 17.8 Å². The third-order valence-electron chi connectivity index (χ3n) is 4.55. The SMILES string of the molecule is CC(C)CC(N)C(=O)NC(CC(=O)O)C(=O)NC(C(=O)NC(C(=O)O)C(C)C)C(C)C. The highest BCUT2D eigenvalue weighted by Gasteiger charge is 2.33. The molecule has 0 aliphatic rings. The van der Waals surface area contributed by atoms with E-state index in [-0.39, 0.29) is 5.92 Å². The zero-order valence-corrected chi connectivity index (χ0v) is 19.0. The number of carboxylic acids is 2. The van der Waals surface area contributed by atoms with Gasteiger partial charge in [0.25, 0.3) is 0 Å². The molecule has 0 saturated carbocycles. The summed E-state index contributed by atoms with van der Waals surface area (Å²) in [5.41, 5.74) is 5.80. The second-order valence-electron chi connectivity index (χ2n) is 8.69. The number of carbonyl (C=O) groups is 5. The third kappa shape index (κ3) is 10.3. The standard InChI is InChI=1S/C20H36N4O7/c1-9(2)7-12(21)17(27)22-13(8-14(25)26)18(28)23-15(10(3)4)19(29)24-16(11(5)6)20(30)31/h9-13,15-16H,7-8,21H2,1-6H3,(H,22,27)(H,23,28)(H,24,29)(H,25,26)(H,30,31). The molecule has 11 nitrogen and oxygen atoms in total. The molecule has 4 unspecified atom stereocenters. The van der Waals surface area contributed by atoms with Crippen LogP contribution in [0.4, 0.5) is 0 Å². The van der Waals surface area contributed by atoms with Crippen molar-refractivity contribution >= 4 is 29.7 Å². The van der Waals surface area contributed by atoms with Gasteiger partial charge in [0.05, 0.1) is 12.5 Å². The van der Waals surface area contributed by atoms with E-state index in [4.69, 9.17) is 10.8 Å². The molecule has 0 bridgehead atoms. The molecule has 4 atom stereocenters. The highest BCUT2D eigenvalue weighted by molar-refractivity contribution is 5.95. The summed E-state index contributed by atoms with van der Waals surface area (Å²) in [6, 6.07) is -4.66. The lowest BCUT2D eigenvalue weighted by molar-refractivity contribution is -0.144. The molecule has 0 saturated heterocycles. The van der Waals surface area contributed by atoms with Gasteiger partial charge < -0.3 is 31.9 Å². The quantitative estimate of drug-likeness (QED) is 0.223. The molecule has 11 heteroatoms. The van der Waals surface area contributed by atoms with E-state index in [1.165, 1.54) is 0 Å². The van der Waals surface area contributed by atoms with Gasteiger partial charge in [0.1, 0.15) is 18.1 Å². The van der Waals surface area contributed by atoms with Gasteiger partial charge in [-0.05, 0) is 24.2 Å². The van der Waals surface area contributed by atoms with Crippen molar-refractivity contribution in [1.82, 2.24) is 16.0 Å². The van der Waals surface area contributed by atoms with Crippen molar-refractivity contribution in [2.24, 2.45) is 23.5 Å². The summed E-state index contributed by atoms with van der Waals surface area (Å²) in [5.74, 6) is -5.53. The summed E-state index contributed by atoms with van der Waals surface area (Å²) in [6.07, 6.45) is -0.363. The average Bonchev–Trinajstić information content (AvgIpc) is 2.61. The van der Waals surface area contributed by atoms with E-state index < -0.39 is 72.1 Å². The molecule has 0 rings (SSSR count). The summed E-state index contributed by atoms with van der Waals surface area (Å²) < 4.78 is 0. The van der Waals surface area contributed by atoms with Crippen molar-refractivity contribution in [1.29, 1.82) is 0 Å². The highest BCUT2D eigenvalue weighted by Crippen LogP contribution is 2.08. The minimum atomic E-state index is -1.45. The van der Waals surface area contributed by atoms with Gasteiger partial charge in [-0.15, -0.1) is 0 Å². The fourth-order valence-corrected chi connectivity index (χ4v) is 2.82. The summed E-state index contributed by atoms with van der Waals surface area (Å²) in [6.45, 7) is 10.3. The summed E-state index contributed by atoms with van der Waals surface area (Å²) in [5, 5.41) is 25.5. The molecular formula is C20H36N4O7. The van der Waals surface area contributed by atoms with Gasteiger partial charge in [0.15, 0.2) is 0 Å². The summed E-state index contributed by atoms with van der Waals surface area (Å²) in [7, 11) is 0. The minimum Gasteiger partial charge on any atom is -0.481 e. The molecule has 0 radical (unpaired) electrons. The van der Waals surface area contributed by atoms with E-state index in [9.17, 15) is 29.1 Å². The normalized spacial score (nSPS) is 15.2. The van der Waals surface area contributed by atoms with Crippen molar-refractivity contribution in [3.63, 3.8) is 0 Å². The maximum absolute atomic E-state index is 12.7. The monoisotopic (exact) mass is 444 g/mol. The van der Waals surface area contributed by atoms with Gasteiger partial charge in [-0.1, -0.05) is 41.5 Å². The van der Waals surface area contributed by atoms with Crippen LogP contribution < -0.4 is 21.7 Å². The first-order chi connectivity index (χ1) is 14.2. The molecule has 0 aromatic carbocycles. The first-order valence-corrected chi connectivity index (χ1v) is 10.3. The fraction of sp³-hybridized carbons (Fsp3) is 0.750. The number of hydrogen-bond donors (Lipinski definition) is 6. The smallest absolute Gasteiger partial charge is 0.326 e. The Bertz CT molecular complexity index is 664. The molecule has 0 fully saturated rings. The third-order valence-corrected chi connectivity index (χ3v) is 4.55. The van der Waals surface area contributed by atoms with Crippen LogP contribution in [0.5, 0.6) is 0 Å². The molecule has 0 aromatic rings. The van der Waals surface area contributed by atoms with Crippen molar-refractivity contribution in [3.8, 4) is 0 Å². The van der Waals surface area contributed by atoms with Crippen LogP contribution in [0.3, 0.4) is 0 Å². The van der Waals surface area contributed by atoms with Crippen molar-refractivity contribution < 1.29 is 34.2 Å². The Hall–Kier alpha value is -2.69. The second kappa shape index (κ2) is 12.9. The predicted octanol–water partition coefficient (Wildman–Crippen LogP) is -0.314. The fourth-order valence-electron chi connectivity index (χ4n) is 2.82. The van der Waals surface area contributed by atoms with Gasteiger partial charge >= 0.3 is 11.9 Å². The molecule has 178 valence electrons. The van der Waals surface area contributed by atoms with Crippen LogP contribution in [0.2, 0.25) is 0 Å². The maximum atomic E-state index is 12.7. The Morgan fingerprint density at radius 3 is 1.61 bits per heavy atom. The zero-order chi connectivity index (χ0) is 24.5. The topological polar surface area (TPSA) is 188 Å². The Morgan fingerprint density at radius 1 is 0.742 bits per heavy atom. The van der Waals surface area contributed by atoms with E-state index in [2.05, 4.69) is 16.0 Å². The molecule has 0 heterocycles. The van der Waals surface area contributed by atoms with Gasteiger partial charge in [0.2, 0.25) is 17.7 Å². The first kappa shape index (κ1) is 28.3.